The normalized spacial score (nSPS) is 16.1. The van der Waals surface area contributed by atoms with Gasteiger partial charge < -0.3 is 10.4 Å². The molecule has 1 aromatic heterocycles. The standard InChI is InChI=1S/C14H21N3O4/c1-8(2)17-13(20)10(12(19)16-14(17)21)11(18)15-9-6-4-3-5-7-9/h8-9,20H,3-7H2,1-2H3,(H,15,18)(H,16,19,21). The number of amides is 1. The fourth-order valence-corrected chi connectivity index (χ4v) is 2.73. The Morgan fingerprint density at radius 1 is 1.29 bits per heavy atom. The molecule has 0 atom stereocenters. The number of aromatic hydroxyl groups is 1. The summed E-state index contributed by atoms with van der Waals surface area (Å²) < 4.78 is 0.997. The van der Waals surface area contributed by atoms with Gasteiger partial charge in [0.05, 0.1) is 0 Å². The van der Waals surface area contributed by atoms with E-state index in [4.69, 9.17) is 0 Å². The third kappa shape index (κ3) is 3.17. The molecular weight excluding hydrogens is 274 g/mol. The van der Waals surface area contributed by atoms with Crippen molar-refractivity contribution in [2.45, 2.75) is 58.0 Å². The largest absolute Gasteiger partial charge is 0.494 e. The van der Waals surface area contributed by atoms with Crippen LogP contribution in [0.15, 0.2) is 9.59 Å². The van der Waals surface area contributed by atoms with Gasteiger partial charge in [0.1, 0.15) is 0 Å². The van der Waals surface area contributed by atoms with Crippen LogP contribution in [0.1, 0.15) is 62.4 Å². The Hall–Kier alpha value is -2.05. The fourth-order valence-electron chi connectivity index (χ4n) is 2.73. The minimum atomic E-state index is -0.859. The number of carbonyl (C=O) groups excluding carboxylic acids is 1. The Kier molecular flexibility index (Phi) is 4.50. The van der Waals surface area contributed by atoms with Gasteiger partial charge in [-0.15, -0.1) is 0 Å². The molecule has 1 aromatic rings. The van der Waals surface area contributed by atoms with E-state index in [1.165, 1.54) is 0 Å². The molecule has 1 fully saturated rings. The van der Waals surface area contributed by atoms with Crippen molar-refractivity contribution in [2.75, 3.05) is 0 Å². The quantitative estimate of drug-likeness (QED) is 0.770. The van der Waals surface area contributed by atoms with Gasteiger partial charge in [-0.25, -0.2) is 4.79 Å². The molecule has 0 spiro atoms. The Balaban J connectivity index is 2.34. The molecule has 0 aromatic carbocycles. The van der Waals surface area contributed by atoms with Crippen LogP contribution < -0.4 is 16.6 Å². The van der Waals surface area contributed by atoms with E-state index >= 15 is 0 Å². The highest BCUT2D eigenvalue weighted by atomic mass is 16.3. The molecule has 0 radical (unpaired) electrons. The highest BCUT2D eigenvalue weighted by Crippen LogP contribution is 2.19. The van der Waals surface area contributed by atoms with Crippen LogP contribution in [0.4, 0.5) is 0 Å². The number of nitrogens with zero attached hydrogens (tertiary/aromatic N) is 1. The molecule has 1 aliphatic rings. The van der Waals surface area contributed by atoms with E-state index in [0.29, 0.717) is 0 Å². The van der Waals surface area contributed by atoms with Crippen LogP contribution in [0.5, 0.6) is 5.88 Å². The monoisotopic (exact) mass is 295 g/mol. The molecule has 0 unspecified atom stereocenters. The van der Waals surface area contributed by atoms with Gasteiger partial charge in [0.15, 0.2) is 5.56 Å². The predicted molar refractivity (Wildman–Crippen MR) is 77.7 cm³/mol. The topological polar surface area (TPSA) is 104 Å². The van der Waals surface area contributed by atoms with Crippen LogP contribution in [0.2, 0.25) is 0 Å². The summed E-state index contributed by atoms with van der Waals surface area (Å²) in [7, 11) is 0. The Morgan fingerprint density at radius 3 is 2.48 bits per heavy atom. The Bertz CT molecular complexity index is 639. The number of carbonyl (C=O) groups is 1. The zero-order valence-electron chi connectivity index (χ0n) is 12.3. The summed E-state index contributed by atoms with van der Waals surface area (Å²) in [5, 5.41) is 12.9. The van der Waals surface area contributed by atoms with Crippen LogP contribution in [0, 0.1) is 0 Å². The number of hydrogen-bond acceptors (Lipinski definition) is 4. The van der Waals surface area contributed by atoms with Gasteiger partial charge in [-0.2, -0.15) is 0 Å². The van der Waals surface area contributed by atoms with Crippen molar-refractivity contribution < 1.29 is 9.90 Å². The molecule has 1 amide bonds. The molecule has 1 aliphatic carbocycles. The number of H-pyrrole nitrogens is 1. The third-order valence-corrected chi connectivity index (χ3v) is 3.80. The first kappa shape index (κ1) is 15.3. The molecule has 116 valence electrons. The van der Waals surface area contributed by atoms with Gasteiger partial charge in [-0.3, -0.25) is 19.1 Å². The van der Waals surface area contributed by atoms with Crippen molar-refractivity contribution >= 4 is 5.91 Å². The van der Waals surface area contributed by atoms with Crippen molar-refractivity contribution in [3.63, 3.8) is 0 Å². The van der Waals surface area contributed by atoms with Gasteiger partial charge >= 0.3 is 5.69 Å². The molecule has 3 N–H and O–H groups in total. The molecule has 0 bridgehead atoms. The van der Waals surface area contributed by atoms with Gasteiger partial charge in [-0.1, -0.05) is 19.3 Å². The fraction of sp³-hybridized carbons (Fsp3) is 0.643. The summed E-state index contributed by atoms with van der Waals surface area (Å²) in [6, 6.07) is -0.347. The average Bonchev–Trinajstić information content (AvgIpc) is 2.38. The van der Waals surface area contributed by atoms with Crippen molar-refractivity contribution in [1.29, 1.82) is 0 Å². The first-order valence-corrected chi connectivity index (χ1v) is 7.30. The summed E-state index contributed by atoms with van der Waals surface area (Å²) in [4.78, 5) is 37.8. The highest BCUT2D eigenvalue weighted by Gasteiger charge is 2.24. The summed E-state index contributed by atoms with van der Waals surface area (Å²) in [5.41, 5.74) is -1.97. The second-order valence-corrected chi connectivity index (χ2v) is 5.73. The average molecular weight is 295 g/mol. The number of rotatable bonds is 3. The summed E-state index contributed by atoms with van der Waals surface area (Å²) >= 11 is 0. The molecule has 1 saturated carbocycles. The van der Waals surface area contributed by atoms with E-state index in [2.05, 4.69) is 10.3 Å². The lowest BCUT2D eigenvalue weighted by atomic mass is 9.95. The van der Waals surface area contributed by atoms with Crippen molar-refractivity contribution in [1.82, 2.24) is 14.9 Å². The van der Waals surface area contributed by atoms with Crippen molar-refractivity contribution in [3.8, 4) is 5.88 Å². The van der Waals surface area contributed by atoms with Crippen LogP contribution in [-0.4, -0.2) is 26.6 Å². The predicted octanol–water partition coefficient (Wildman–Crippen LogP) is 0.886. The highest BCUT2D eigenvalue weighted by molar-refractivity contribution is 5.96. The SMILES string of the molecule is CC(C)n1c(O)c(C(=O)NC2CCCCC2)c(=O)[nH]c1=O. The van der Waals surface area contributed by atoms with Gasteiger partial charge in [-0.05, 0) is 26.7 Å². The smallest absolute Gasteiger partial charge is 0.331 e. The van der Waals surface area contributed by atoms with Crippen molar-refractivity contribution in [2.24, 2.45) is 0 Å². The summed E-state index contributed by atoms with van der Waals surface area (Å²) in [6.07, 6.45) is 4.97. The van der Waals surface area contributed by atoms with E-state index in [-0.39, 0.29) is 12.1 Å². The zero-order chi connectivity index (χ0) is 15.6. The number of aromatic nitrogens is 2. The van der Waals surface area contributed by atoms with Crippen LogP contribution in [0.3, 0.4) is 0 Å². The molecule has 1 heterocycles. The van der Waals surface area contributed by atoms with E-state index in [9.17, 15) is 19.5 Å². The lowest BCUT2D eigenvalue weighted by molar-refractivity contribution is 0.0921. The Morgan fingerprint density at radius 2 is 1.90 bits per heavy atom. The first-order chi connectivity index (χ1) is 9.91. The van der Waals surface area contributed by atoms with Crippen LogP contribution in [0.25, 0.3) is 0 Å². The lowest BCUT2D eigenvalue weighted by Crippen LogP contribution is -2.41. The van der Waals surface area contributed by atoms with E-state index in [1.54, 1.807) is 13.8 Å². The molecule has 2 rings (SSSR count). The summed E-state index contributed by atoms with van der Waals surface area (Å²) in [6.45, 7) is 3.37. The second-order valence-electron chi connectivity index (χ2n) is 5.73. The van der Waals surface area contributed by atoms with Gasteiger partial charge in [0.25, 0.3) is 11.5 Å². The van der Waals surface area contributed by atoms with Crippen LogP contribution >= 0.6 is 0 Å². The van der Waals surface area contributed by atoms with Gasteiger partial charge in [0.2, 0.25) is 5.88 Å². The minimum Gasteiger partial charge on any atom is -0.494 e. The molecular formula is C14H21N3O4. The minimum absolute atomic E-state index is 0.0180. The molecule has 0 aliphatic heterocycles. The second kappa shape index (κ2) is 6.15. The Labute approximate surface area is 122 Å². The van der Waals surface area contributed by atoms with E-state index < -0.39 is 28.6 Å². The zero-order valence-corrected chi connectivity index (χ0v) is 12.3. The lowest BCUT2D eigenvalue weighted by Gasteiger charge is -2.23. The maximum Gasteiger partial charge on any atom is 0.331 e. The van der Waals surface area contributed by atoms with Crippen molar-refractivity contribution in [3.05, 3.63) is 26.4 Å². The molecule has 7 nitrogen and oxygen atoms in total. The number of hydrogen-bond donors (Lipinski definition) is 3. The molecule has 7 heteroatoms. The number of nitrogens with one attached hydrogen (secondary N) is 2. The van der Waals surface area contributed by atoms with Gasteiger partial charge in [0, 0.05) is 12.1 Å². The maximum atomic E-state index is 12.2. The van der Waals surface area contributed by atoms with E-state index in [1.807, 2.05) is 0 Å². The first-order valence-electron chi connectivity index (χ1n) is 7.30. The number of aromatic amines is 1. The van der Waals surface area contributed by atoms with E-state index in [0.717, 1.165) is 36.7 Å². The third-order valence-electron chi connectivity index (χ3n) is 3.80. The summed E-state index contributed by atoms with van der Waals surface area (Å²) in [5.74, 6) is -1.21. The molecule has 21 heavy (non-hydrogen) atoms. The van der Waals surface area contributed by atoms with Crippen LogP contribution in [-0.2, 0) is 0 Å². The molecule has 0 saturated heterocycles. The maximum absolute atomic E-state index is 12.2.